The number of aryl methyl sites for hydroxylation is 1. The number of benzene rings is 4. The summed E-state index contributed by atoms with van der Waals surface area (Å²) in [5.74, 6) is 0.220. The Labute approximate surface area is 187 Å². The number of aromatic nitrogens is 3. The molecule has 0 aliphatic rings. The van der Waals surface area contributed by atoms with Gasteiger partial charge in [0.15, 0.2) is 0 Å². The van der Waals surface area contributed by atoms with Gasteiger partial charge in [-0.3, -0.25) is 0 Å². The number of nitrogens with zero attached hydrogens (tertiary/aromatic N) is 3. The van der Waals surface area contributed by atoms with E-state index in [4.69, 9.17) is 0 Å². The number of anilines is 2. The summed E-state index contributed by atoms with van der Waals surface area (Å²) in [4.78, 5) is 1.53. The Hall–Kier alpha value is -3.86. The largest absolute Gasteiger partial charge is 0.505 e. The van der Waals surface area contributed by atoms with Crippen LogP contribution in [0.5, 0.6) is 5.75 Å². The molecule has 4 aromatic carbocycles. The van der Waals surface area contributed by atoms with Crippen molar-refractivity contribution in [3.63, 3.8) is 0 Å². The summed E-state index contributed by atoms with van der Waals surface area (Å²) in [5, 5.41) is 26.1. The monoisotopic (exact) mass is 422 g/mol. The lowest BCUT2D eigenvalue weighted by molar-refractivity contribution is 0.440. The maximum atomic E-state index is 11.0. The molecule has 0 saturated heterocycles. The molecule has 1 aromatic heterocycles. The van der Waals surface area contributed by atoms with Crippen LogP contribution in [-0.2, 0) is 5.41 Å². The predicted molar refractivity (Wildman–Crippen MR) is 131 cm³/mol. The maximum absolute atomic E-state index is 11.0. The zero-order chi connectivity index (χ0) is 22.5. The zero-order valence-electron chi connectivity index (χ0n) is 18.7. The fourth-order valence-corrected chi connectivity index (χ4v) is 4.07. The normalized spacial score (nSPS) is 11.9. The van der Waals surface area contributed by atoms with E-state index >= 15 is 0 Å². The highest BCUT2D eigenvalue weighted by atomic mass is 16.3. The van der Waals surface area contributed by atoms with E-state index in [-0.39, 0.29) is 11.2 Å². The standard InChI is InChI=1S/C27H26N4O/c1-17-14-21(27(2,3)4)26(32)25(15-17)31-29-23-13-12-19(16-24(23)30-31)28-22-11-7-9-18-8-5-6-10-20(18)22/h5-16,28,32H,1-4H3. The second-order valence-electron chi connectivity index (χ2n) is 9.27. The molecule has 0 aliphatic heterocycles. The Balaban J connectivity index is 1.55. The third-order valence-corrected chi connectivity index (χ3v) is 5.71. The van der Waals surface area contributed by atoms with Gasteiger partial charge in [0.05, 0.1) is 0 Å². The average molecular weight is 423 g/mol. The Bertz CT molecular complexity index is 1460. The molecule has 32 heavy (non-hydrogen) atoms. The first-order valence-corrected chi connectivity index (χ1v) is 10.8. The maximum Gasteiger partial charge on any atom is 0.146 e. The molecule has 5 heteroatoms. The highest BCUT2D eigenvalue weighted by molar-refractivity contribution is 5.95. The fourth-order valence-electron chi connectivity index (χ4n) is 4.07. The number of phenols is 1. The second kappa shape index (κ2) is 7.38. The van der Waals surface area contributed by atoms with Crippen molar-refractivity contribution < 1.29 is 5.11 Å². The summed E-state index contributed by atoms with van der Waals surface area (Å²) in [6.45, 7) is 8.28. The van der Waals surface area contributed by atoms with Gasteiger partial charge in [-0.15, -0.1) is 15.0 Å². The lowest BCUT2D eigenvalue weighted by Gasteiger charge is -2.22. The lowest BCUT2D eigenvalue weighted by atomic mass is 9.85. The van der Waals surface area contributed by atoms with E-state index < -0.39 is 0 Å². The Kier molecular flexibility index (Phi) is 4.63. The van der Waals surface area contributed by atoms with Gasteiger partial charge in [0.25, 0.3) is 0 Å². The number of hydrogen-bond donors (Lipinski definition) is 2. The minimum atomic E-state index is -0.188. The van der Waals surface area contributed by atoms with Crippen LogP contribution in [0.4, 0.5) is 11.4 Å². The summed E-state index contributed by atoms with van der Waals surface area (Å²) in [7, 11) is 0. The molecule has 0 spiro atoms. The van der Waals surface area contributed by atoms with Crippen LogP contribution in [-0.4, -0.2) is 20.1 Å². The van der Waals surface area contributed by atoms with Crippen molar-refractivity contribution in [3.8, 4) is 11.4 Å². The van der Waals surface area contributed by atoms with Crippen LogP contribution in [0.15, 0.2) is 72.8 Å². The van der Waals surface area contributed by atoms with Crippen molar-refractivity contribution in [1.29, 1.82) is 0 Å². The van der Waals surface area contributed by atoms with E-state index in [0.717, 1.165) is 38.9 Å². The number of hydrogen-bond acceptors (Lipinski definition) is 4. The van der Waals surface area contributed by atoms with Crippen LogP contribution in [0.25, 0.3) is 27.5 Å². The quantitative estimate of drug-likeness (QED) is 0.343. The molecule has 0 atom stereocenters. The molecule has 5 nitrogen and oxygen atoms in total. The predicted octanol–water partition coefficient (Wildman–Crippen LogP) is 6.63. The van der Waals surface area contributed by atoms with Crippen LogP contribution >= 0.6 is 0 Å². The van der Waals surface area contributed by atoms with E-state index in [9.17, 15) is 5.11 Å². The molecule has 0 aliphatic carbocycles. The number of phenolic OH excluding ortho intramolecular Hbond substituents is 1. The average Bonchev–Trinajstić information content (AvgIpc) is 3.18. The third-order valence-electron chi connectivity index (χ3n) is 5.71. The lowest BCUT2D eigenvalue weighted by Crippen LogP contribution is -2.13. The van der Waals surface area contributed by atoms with Gasteiger partial charge < -0.3 is 10.4 Å². The Morgan fingerprint density at radius 3 is 2.41 bits per heavy atom. The highest BCUT2D eigenvalue weighted by Gasteiger charge is 2.22. The third kappa shape index (κ3) is 3.56. The molecule has 0 saturated carbocycles. The van der Waals surface area contributed by atoms with Crippen LogP contribution in [0.3, 0.4) is 0 Å². The molecule has 1 heterocycles. The first-order chi connectivity index (χ1) is 15.3. The van der Waals surface area contributed by atoms with Crippen LogP contribution in [0, 0.1) is 6.92 Å². The Morgan fingerprint density at radius 2 is 1.59 bits per heavy atom. The van der Waals surface area contributed by atoms with Gasteiger partial charge in [0, 0.05) is 22.3 Å². The summed E-state index contributed by atoms with van der Waals surface area (Å²) in [5.41, 5.74) is 5.85. The zero-order valence-corrected chi connectivity index (χ0v) is 18.7. The SMILES string of the molecule is Cc1cc(-n2nc3ccc(Nc4cccc5ccccc45)cc3n2)c(O)c(C(C)(C)C)c1. The molecular weight excluding hydrogens is 396 g/mol. The minimum Gasteiger partial charge on any atom is -0.505 e. The number of nitrogens with one attached hydrogen (secondary N) is 1. The number of rotatable bonds is 3. The summed E-state index contributed by atoms with van der Waals surface area (Å²) in [6, 6.07) is 24.4. The molecule has 0 bridgehead atoms. The van der Waals surface area contributed by atoms with Crippen LogP contribution in [0.1, 0.15) is 31.9 Å². The van der Waals surface area contributed by atoms with E-state index in [1.165, 1.54) is 10.2 Å². The van der Waals surface area contributed by atoms with Crippen LogP contribution in [0.2, 0.25) is 0 Å². The minimum absolute atomic E-state index is 0.188. The van der Waals surface area contributed by atoms with E-state index in [1.807, 2.05) is 55.5 Å². The molecule has 160 valence electrons. The Morgan fingerprint density at radius 1 is 0.844 bits per heavy atom. The van der Waals surface area contributed by atoms with Gasteiger partial charge in [0.2, 0.25) is 0 Å². The molecule has 0 amide bonds. The van der Waals surface area contributed by atoms with E-state index in [1.54, 1.807) is 0 Å². The summed E-state index contributed by atoms with van der Waals surface area (Å²) in [6.07, 6.45) is 0. The molecule has 0 fully saturated rings. The summed E-state index contributed by atoms with van der Waals surface area (Å²) >= 11 is 0. The molecule has 0 radical (unpaired) electrons. The van der Waals surface area contributed by atoms with Crippen molar-refractivity contribution in [2.45, 2.75) is 33.1 Å². The van der Waals surface area contributed by atoms with Crippen molar-refractivity contribution in [3.05, 3.63) is 83.9 Å². The molecule has 0 unspecified atom stereocenters. The van der Waals surface area contributed by atoms with Crippen molar-refractivity contribution in [2.24, 2.45) is 0 Å². The van der Waals surface area contributed by atoms with Gasteiger partial charge in [-0.05, 0) is 53.6 Å². The summed E-state index contributed by atoms with van der Waals surface area (Å²) < 4.78 is 0. The first-order valence-electron chi connectivity index (χ1n) is 10.8. The fraction of sp³-hybridized carbons (Fsp3) is 0.185. The number of aromatic hydroxyl groups is 1. The smallest absolute Gasteiger partial charge is 0.146 e. The molecule has 5 aromatic rings. The van der Waals surface area contributed by atoms with Gasteiger partial charge in [0.1, 0.15) is 22.5 Å². The van der Waals surface area contributed by atoms with Gasteiger partial charge in [-0.2, -0.15) is 0 Å². The second-order valence-corrected chi connectivity index (χ2v) is 9.27. The van der Waals surface area contributed by atoms with Gasteiger partial charge in [-0.25, -0.2) is 0 Å². The number of fused-ring (bicyclic) bond motifs is 2. The van der Waals surface area contributed by atoms with Crippen molar-refractivity contribution in [1.82, 2.24) is 15.0 Å². The molecular formula is C27H26N4O. The van der Waals surface area contributed by atoms with Gasteiger partial charge in [-0.1, -0.05) is 63.2 Å². The molecule has 2 N–H and O–H groups in total. The van der Waals surface area contributed by atoms with E-state index in [0.29, 0.717) is 5.69 Å². The van der Waals surface area contributed by atoms with Crippen LogP contribution < -0.4 is 5.32 Å². The van der Waals surface area contributed by atoms with Gasteiger partial charge >= 0.3 is 0 Å². The van der Waals surface area contributed by atoms with Crippen molar-refractivity contribution >= 4 is 33.2 Å². The molecule has 5 rings (SSSR count). The van der Waals surface area contributed by atoms with Crippen molar-refractivity contribution in [2.75, 3.05) is 5.32 Å². The topological polar surface area (TPSA) is 63.0 Å². The van der Waals surface area contributed by atoms with E-state index in [2.05, 4.69) is 60.6 Å². The first kappa shape index (κ1) is 20.1. The highest BCUT2D eigenvalue weighted by Crippen LogP contribution is 2.36.